The molecule has 0 saturated heterocycles. The highest BCUT2D eigenvalue weighted by Crippen LogP contribution is 2.18. The summed E-state index contributed by atoms with van der Waals surface area (Å²) in [6.07, 6.45) is 3.94. The van der Waals surface area contributed by atoms with Crippen LogP contribution in [0.1, 0.15) is 48.4 Å². The number of hydrogen-bond acceptors (Lipinski definition) is 9. The number of nitrogens with one attached hydrogen (secondary N) is 2. The van der Waals surface area contributed by atoms with Gasteiger partial charge in [-0.2, -0.15) is 4.68 Å². The minimum Gasteiger partial charge on any atom is -0.508 e. The molecule has 3 aromatic rings. The highest BCUT2D eigenvalue weighted by Gasteiger charge is 2.23. The van der Waals surface area contributed by atoms with Crippen LogP contribution in [0, 0.1) is 0 Å². The number of phenolic OH excluding ortho intramolecular Hbond substituents is 1. The molecule has 0 aliphatic heterocycles. The minimum absolute atomic E-state index is 0.0535. The van der Waals surface area contributed by atoms with Crippen molar-refractivity contribution in [2.45, 2.75) is 33.1 Å². The van der Waals surface area contributed by atoms with E-state index in [0.29, 0.717) is 17.8 Å². The van der Waals surface area contributed by atoms with Gasteiger partial charge in [-0.15, -0.1) is 5.10 Å². The monoisotopic (exact) mass is 398 g/mol. The summed E-state index contributed by atoms with van der Waals surface area (Å²) in [6.45, 7) is 3.94. The van der Waals surface area contributed by atoms with Crippen molar-refractivity contribution in [3.05, 3.63) is 47.3 Å². The van der Waals surface area contributed by atoms with Crippen LogP contribution in [0.3, 0.4) is 0 Å². The fourth-order valence-electron chi connectivity index (χ4n) is 2.72. The van der Waals surface area contributed by atoms with Crippen molar-refractivity contribution >= 4 is 17.4 Å². The third-order valence-corrected chi connectivity index (χ3v) is 4.06. The van der Waals surface area contributed by atoms with Crippen LogP contribution in [0.4, 0.5) is 5.82 Å². The molecule has 1 aromatic carbocycles. The lowest BCUT2D eigenvalue weighted by atomic mass is 10.1. The van der Waals surface area contributed by atoms with Gasteiger partial charge in [0.1, 0.15) is 5.75 Å². The second-order valence-corrected chi connectivity index (χ2v) is 6.17. The Labute approximate surface area is 166 Å². The number of amides is 1. The van der Waals surface area contributed by atoms with Gasteiger partial charge in [0.2, 0.25) is 11.6 Å². The van der Waals surface area contributed by atoms with E-state index in [9.17, 15) is 9.90 Å². The van der Waals surface area contributed by atoms with E-state index in [4.69, 9.17) is 5.73 Å². The second-order valence-electron chi connectivity index (χ2n) is 6.17. The van der Waals surface area contributed by atoms with E-state index in [1.807, 2.05) is 19.9 Å². The summed E-state index contributed by atoms with van der Waals surface area (Å²) in [5.74, 6) is -0.0620. The predicted molar refractivity (Wildman–Crippen MR) is 105 cm³/mol. The number of carbonyl (C=O) groups is 1. The number of nitrogens with zero attached hydrogens (tertiary/aromatic N) is 5. The normalized spacial score (nSPS) is 11.4. The SMILES string of the molecule is CCC=C(NNC(=O)c1nnn(-c2nonc2N)c1CCC)c1ccc(O)cc1. The average Bonchev–Trinajstić information content (AvgIpc) is 3.32. The molecular weight excluding hydrogens is 376 g/mol. The number of anilines is 1. The number of aromatic hydroxyl groups is 1. The van der Waals surface area contributed by atoms with Gasteiger partial charge in [-0.05, 0) is 53.0 Å². The van der Waals surface area contributed by atoms with Crippen molar-refractivity contribution in [1.82, 2.24) is 36.2 Å². The maximum absolute atomic E-state index is 12.8. The van der Waals surface area contributed by atoms with Crippen LogP contribution in [0.5, 0.6) is 5.75 Å². The van der Waals surface area contributed by atoms with Gasteiger partial charge in [0.15, 0.2) is 5.69 Å². The van der Waals surface area contributed by atoms with Crippen LogP contribution >= 0.6 is 0 Å². The van der Waals surface area contributed by atoms with Gasteiger partial charge in [-0.3, -0.25) is 15.6 Å². The van der Waals surface area contributed by atoms with Gasteiger partial charge in [-0.25, -0.2) is 4.63 Å². The van der Waals surface area contributed by atoms with Crippen LogP contribution < -0.4 is 16.6 Å². The summed E-state index contributed by atoms with van der Waals surface area (Å²) in [7, 11) is 0. The molecule has 0 saturated carbocycles. The number of nitrogen functional groups attached to an aromatic ring is 1. The van der Waals surface area contributed by atoms with Gasteiger partial charge in [0.25, 0.3) is 5.91 Å². The van der Waals surface area contributed by atoms with Crippen LogP contribution in [0.2, 0.25) is 0 Å². The number of rotatable bonds is 8. The van der Waals surface area contributed by atoms with Gasteiger partial charge in [0.05, 0.1) is 11.4 Å². The van der Waals surface area contributed by atoms with Crippen molar-refractivity contribution in [2.24, 2.45) is 0 Å². The van der Waals surface area contributed by atoms with Crippen molar-refractivity contribution in [3.63, 3.8) is 0 Å². The Morgan fingerprint density at radius 3 is 2.62 bits per heavy atom. The van der Waals surface area contributed by atoms with Crippen molar-refractivity contribution in [3.8, 4) is 11.6 Å². The average molecular weight is 398 g/mol. The standard InChI is InChI=1S/C18H22N8O3/c1-3-5-13(11-7-9-12(27)10-8-11)20-22-18(28)15-14(6-4-2)26(25-21-15)17-16(19)23-29-24-17/h5,7-10,20,27H,3-4,6H2,1-2H3,(H2,19,23)(H,22,28). The Balaban J connectivity index is 1.81. The quantitative estimate of drug-likeness (QED) is 0.413. The summed E-state index contributed by atoms with van der Waals surface area (Å²) in [6, 6.07) is 6.64. The molecule has 0 atom stereocenters. The molecule has 0 aliphatic carbocycles. The van der Waals surface area contributed by atoms with Crippen molar-refractivity contribution in [2.75, 3.05) is 5.73 Å². The minimum atomic E-state index is -0.462. The van der Waals surface area contributed by atoms with E-state index in [-0.39, 0.29) is 23.1 Å². The first-order valence-electron chi connectivity index (χ1n) is 9.14. The number of hydrogen-bond donors (Lipinski definition) is 4. The molecular formula is C18H22N8O3. The van der Waals surface area contributed by atoms with E-state index in [2.05, 4.69) is 36.1 Å². The highest BCUT2D eigenvalue weighted by atomic mass is 16.6. The molecule has 11 nitrogen and oxygen atoms in total. The second kappa shape index (κ2) is 8.87. The first-order chi connectivity index (χ1) is 14.0. The van der Waals surface area contributed by atoms with E-state index in [0.717, 1.165) is 18.4 Å². The Morgan fingerprint density at radius 2 is 2.00 bits per heavy atom. The Kier molecular flexibility index (Phi) is 6.07. The van der Waals surface area contributed by atoms with E-state index in [1.165, 1.54) is 4.68 Å². The van der Waals surface area contributed by atoms with Crippen LogP contribution in [-0.4, -0.2) is 36.3 Å². The van der Waals surface area contributed by atoms with Gasteiger partial charge < -0.3 is 10.8 Å². The fourth-order valence-corrected chi connectivity index (χ4v) is 2.72. The zero-order chi connectivity index (χ0) is 20.8. The smallest absolute Gasteiger partial charge is 0.292 e. The molecule has 152 valence electrons. The lowest BCUT2D eigenvalue weighted by molar-refractivity contribution is 0.0936. The lowest BCUT2D eigenvalue weighted by Gasteiger charge is -2.13. The zero-order valence-corrected chi connectivity index (χ0v) is 16.1. The summed E-state index contributed by atoms with van der Waals surface area (Å²) >= 11 is 0. The maximum atomic E-state index is 12.8. The van der Waals surface area contributed by atoms with Gasteiger partial charge >= 0.3 is 0 Å². The molecule has 11 heteroatoms. The van der Waals surface area contributed by atoms with Crippen molar-refractivity contribution in [1.29, 1.82) is 0 Å². The zero-order valence-electron chi connectivity index (χ0n) is 16.1. The van der Waals surface area contributed by atoms with Gasteiger partial charge in [0, 0.05) is 0 Å². The summed E-state index contributed by atoms with van der Waals surface area (Å²) in [4.78, 5) is 12.8. The molecule has 0 radical (unpaired) electrons. The van der Waals surface area contributed by atoms with E-state index < -0.39 is 5.91 Å². The number of phenols is 1. The highest BCUT2D eigenvalue weighted by molar-refractivity contribution is 5.93. The summed E-state index contributed by atoms with van der Waals surface area (Å²) in [5, 5.41) is 24.7. The number of carbonyl (C=O) groups excluding carboxylic acids is 1. The van der Waals surface area contributed by atoms with E-state index >= 15 is 0 Å². The topological polar surface area (TPSA) is 157 Å². The molecule has 1 amide bonds. The first kappa shape index (κ1) is 19.9. The van der Waals surface area contributed by atoms with E-state index in [1.54, 1.807) is 24.3 Å². The molecule has 0 unspecified atom stereocenters. The fraction of sp³-hybridized carbons (Fsp3) is 0.278. The van der Waals surface area contributed by atoms with Crippen molar-refractivity contribution < 1.29 is 14.5 Å². The summed E-state index contributed by atoms with van der Waals surface area (Å²) in [5.41, 5.74) is 13.5. The molecule has 0 fully saturated rings. The molecule has 2 aromatic heterocycles. The molecule has 0 bridgehead atoms. The van der Waals surface area contributed by atoms with Crippen LogP contribution in [-0.2, 0) is 6.42 Å². The van der Waals surface area contributed by atoms with Gasteiger partial charge in [-0.1, -0.05) is 31.6 Å². The molecule has 5 N–H and O–H groups in total. The molecule has 0 spiro atoms. The number of hydrazine groups is 1. The largest absolute Gasteiger partial charge is 0.508 e. The van der Waals surface area contributed by atoms with Crippen LogP contribution in [0.15, 0.2) is 35.0 Å². The summed E-state index contributed by atoms with van der Waals surface area (Å²) < 4.78 is 5.97. The number of allylic oxidation sites excluding steroid dienone is 1. The Bertz CT molecular complexity index is 1010. The molecule has 2 heterocycles. The molecule has 3 rings (SSSR count). The number of aromatic nitrogens is 5. The molecule has 29 heavy (non-hydrogen) atoms. The number of benzene rings is 1. The molecule has 0 aliphatic rings. The number of nitrogens with two attached hydrogens (primary N) is 1. The predicted octanol–water partition coefficient (Wildman–Crippen LogP) is 1.58. The lowest BCUT2D eigenvalue weighted by Crippen LogP contribution is -2.37. The van der Waals surface area contributed by atoms with Crippen LogP contribution in [0.25, 0.3) is 11.5 Å². The first-order valence-corrected chi connectivity index (χ1v) is 9.14. The third kappa shape index (κ3) is 4.34. The maximum Gasteiger partial charge on any atom is 0.292 e. The Hall–Kier alpha value is -3.89. The Morgan fingerprint density at radius 1 is 1.24 bits per heavy atom. The third-order valence-electron chi connectivity index (χ3n) is 4.06.